The number of aromatic nitrogens is 1. The number of benzene rings is 1. The Bertz CT molecular complexity index is 551. The van der Waals surface area contributed by atoms with Crippen LogP contribution in [-0.4, -0.2) is 19.2 Å². The van der Waals surface area contributed by atoms with E-state index in [0.29, 0.717) is 30.5 Å². The number of para-hydroxylation sites is 1. The minimum absolute atomic E-state index is 0.338. The lowest BCUT2D eigenvalue weighted by atomic mass is 10.2. The molecular weight excluding hydrogens is 256 g/mol. The van der Waals surface area contributed by atoms with Crippen LogP contribution in [-0.2, 0) is 13.2 Å². The van der Waals surface area contributed by atoms with E-state index in [-0.39, 0.29) is 0 Å². The summed E-state index contributed by atoms with van der Waals surface area (Å²) < 4.78 is 16.4. The van der Waals surface area contributed by atoms with E-state index < -0.39 is 0 Å². The minimum Gasteiger partial charge on any atom is -0.493 e. The number of nitrogens with two attached hydrogens (primary N) is 1. The molecule has 5 heteroatoms. The quantitative estimate of drug-likeness (QED) is 0.874. The van der Waals surface area contributed by atoms with Crippen LogP contribution in [0.1, 0.15) is 11.1 Å². The maximum Gasteiger partial charge on any atom is 0.219 e. The van der Waals surface area contributed by atoms with Crippen molar-refractivity contribution < 1.29 is 14.2 Å². The predicted molar refractivity (Wildman–Crippen MR) is 76.0 cm³/mol. The van der Waals surface area contributed by atoms with Crippen LogP contribution < -0.4 is 19.9 Å². The second kappa shape index (κ2) is 6.77. The molecule has 0 saturated heterocycles. The van der Waals surface area contributed by atoms with Gasteiger partial charge in [0.05, 0.1) is 19.8 Å². The maximum atomic E-state index is 5.85. The van der Waals surface area contributed by atoms with Crippen molar-refractivity contribution in [1.82, 2.24) is 4.98 Å². The Morgan fingerprint density at radius 1 is 1.05 bits per heavy atom. The molecule has 0 fully saturated rings. The van der Waals surface area contributed by atoms with Gasteiger partial charge in [-0.15, -0.1) is 0 Å². The summed E-state index contributed by atoms with van der Waals surface area (Å²) in [5.41, 5.74) is 7.49. The largest absolute Gasteiger partial charge is 0.493 e. The lowest BCUT2D eigenvalue weighted by Crippen LogP contribution is -2.05. The van der Waals surface area contributed by atoms with Gasteiger partial charge in [-0.25, -0.2) is 4.98 Å². The van der Waals surface area contributed by atoms with Crippen LogP contribution in [0.25, 0.3) is 0 Å². The molecule has 0 atom stereocenters. The van der Waals surface area contributed by atoms with Crippen LogP contribution in [0.2, 0.25) is 0 Å². The summed E-state index contributed by atoms with van der Waals surface area (Å²) in [6, 6.07) is 9.39. The second-order valence-electron chi connectivity index (χ2n) is 4.11. The third-order valence-electron chi connectivity index (χ3n) is 2.92. The van der Waals surface area contributed by atoms with Crippen molar-refractivity contribution in [3.63, 3.8) is 0 Å². The molecule has 0 spiro atoms. The molecular formula is C15H18N2O3. The molecule has 0 unspecified atom stereocenters. The van der Waals surface area contributed by atoms with E-state index in [1.165, 1.54) is 0 Å². The smallest absolute Gasteiger partial charge is 0.219 e. The first-order valence-corrected chi connectivity index (χ1v) is 6.26. The zero-order valence-electron chi connectivity index (χ0n) is 11.6. The van der Waals surface area contributed by atoms with E-state index in [1.807, 2.05) is 30.3 Å². The SMILES string of the molecule is COc1cccc(CN)c1OCc1cccnc1OC. The van der Waals surface area contributed by atoms with Gasteiger partial charge < -0.3 is 19.9 Å². The summed E-state index contributed by atoms with van der Waals surface area (Å²) in [5.74, 6) is 1.87. The summed E-state index contributed by atoms with van der Waals surface area (Å²) in [4.78, 5) is 4.14. The Kier molecular flexibility index (Phi) is 4.79. The van der Waals surface area contributed by atoms with Gasteiger partial charge in [0.25, 0.3) is 0 Å². The van der Waals surface area contributed by atoms with E-state index >= 15 is 0 Å². The molecule has 106 valence electrons. The fraction of sp³-hybridized carbons (Fsp3) is 0.267. The molecule has 20 heavy (non-hydrogen) atoms. The van der Waals surface area contributed by atoms with Gasteiger partial charge in [0.1, 0.15) is 6.61 Å². The third kappa shape index (κ3) is 3.00. The Balaban J connectivity index is 2.22. The summed E-state index contributed by atoms with van der Waals surface area (Å²) in [7, 11) is 3.19. The van der Waals surface area contributed by atoms with Crippen LogP contribution in [0.3, 0.4) is 0 Å². The molecule has 0 aliphatic carbocycles. The molecule has 0 aliphatic heterocycles. The minimum atomic E-state index is 0.338. The average Bonchev–Trinajstić information content (AvgIpc) is 2.52. The van der Waals surface area contributed by atoms with Crippen LogP contribution >= 0.6 is 0 Å². The van der Waals surface area contributed by atoms with E-state index in [2.05, 4.69) is 4.98 Å². The van der Waals surface area contributed by atoms with Gasteiger partial charge in [-0.3, -0.25) is 0 Å². The fourth-order valence-electron chi connectivity index (χ4n) is 1.91. The van der Waals surface area contributed by atoms with Crippen molar-refractivity contribution in [1.29, 1.82) is 0 Å². The third-order valence-corrected chi connectivity index (χ3v) is 2.92. The van der Waals surface area contributed by atoms with Crippen molar-refractivity contribution in [2.45, 2.75) is 13.2 Å². The summed E-state index contributed by atoms with van der Waals surface area (Å²) >= 11 is 0. The lowest BCUT2D eigenvalue weighted by molar-refractivity contribution is 0.273. The summed E-state index contributed by atoms with van der Waals surface area (Å²) in [6.07, 6.45) is 1.68. The molecule has 0 aliphatic rings. The molecule has 0 radical (unpaired) electrons. The van der Waals surface area contributed by atoms with Crippen LogP contribution in [0.4, 0.5) is 0 Å². The molecule has 2 N–H and O–H groups in total. The molecule has 2 aromatic rings. The van der Waals surface area contributed by atoms with E-state index in [0.717, 1.165) is 11.1 Å². The van der Waals surface area contributed by atoms with Crippen molar-refractivity contribution in [2.75, 3.05) is 14.2 Å². The summed E-state index contributed by atoms with van der Waals surface area (Å²) in [6.45, 7) is 0.723. The first-order valence-electron chi connectivity index (χ1n) is 6.26. The first-order chi connectivity index (χ1) is 9.80. The average molecular weight is 274 g/mol. The van der Waals surface area contributed by atoms with E-state index in [1.54, 1.807) is 20.4 Å². The second-order valence-corrected chi connectivity index (χ2v) is 4.11. The molecule has 0 amide bonds. The van der Waals surface area contributed by atoms with Gasteiger partial charge in [-0.05, 0) is 18.2 Å². The highest BCUT2D eigenvalue weighted by molar-refractivity contribution is 5.46. The van der Waals surface area contributed by atoms with Gasteiger partial charge in [-0.2, -0.15) is 0 Å². The lowest BCUT2D eigenvalue weighted by Gasteiger charge is -2.15. The van der Waals surface area contributed by atoms with Crippen molar-refractivity contribution in [3.8, 4) is 17.4 Å². The molecule has 0 saturated carbocycles. The molecule has 1 aromatic heterocycles. The zero-order valence-corrected chi connectivity index (χ0v) is 11.6. The van der Waals surface area contributed by atoms with Crippen LogP contribution in [0.15, 0.2) is 36.5 Å². The highest BCUT2D eigenvalue weighted by Gasteiger charge is 2.11. The number of rotatable bonds is 6. The predicted octanol–water partition coefficient (Wildman–Crippen LogP) is 2.14. The maximum absolute atomic E-state index is 5.85. The fourth-order valence-corrected chi connectivity index (χ4v) is 1.91. The number of hydrogen-bond acceptors (Lipinski definition) is 5. The Morgan fingerprint density at radius 2 is 1.85 bits per heavy atom. The molecule has 1 heterocycles. The highest BCUT2D eigenvalue weighted by Crippen LogP contribution is 2.32. The number of ether oxygens (including phenoxy) is 3. The van der Waals surface area contributed by atoms with Crippen LogP contribution in [0, 0.1) is 0 Å². The Labute approximate surface area is 118 Å². The Hall–Kier alpha value is -2.27. The van der Waals surface area contributed by atoms with Crippen LogP contribution in [0.5, 0.6) is 17.4 Å². The molecule has 5 nitrogen and oxygen atoms in total. The number of methoxy groups -OCH3 is 2. The monoisotopic (exact) mass is 274 g/mol. The van der Waals surface area contributed by atoms with E-state index in [9.17, 15) is 0 Å². The van der Waals surface area contributed by atoms with Gasteiger partial charge in [0.15, 0.2) is 11.5 Å². The summed E-state index contributed by atoms with van der Waals surface area (Å²) in [5, 5.41) is 0. The number of hydrogen-bond donors (Lipinski definition) is 1. The number of nitrogens with zero attached hydrogens (tertiary/aromatic N) is 1. The van der Waals surface area contributed by atoms with Gasteiger partial charge in [0, 0.05) is 18.3 Å². The zero-order chi connectivity index (χ0) is 14.4. The highest BCUT2D eigenvalue weighted by atomic mass is 16.5. The number of pyridine rings is 1. The van der Waals surface area contributed by atoms with Gasteiger partial charge in [0.2, 0.25) is 5.88 Å². The van der Waals surface area contributed by atoms with Crippen molar-refractivity contribution in [2.24, 2.45) is 5.73 Å². The standard InChI is InChI=1S/C15H18N2O3/c1-18-13-7-3-5-11(9-16)14(13)20-10-12-6-4-8-17-15(12)19-2/h3-8H,9-10,16H2,1-2H3. The van der Waals surface area contributed by atoms with Crippen molar-refractivity contribution >= 4 is 0 Å². The van der Waals surface area contributed by atoms with Gasteiger partial charge in [-0.1, -0.05) is 12.1 Å². The van der Waals surface area contributed by atoms with E-state index in [4.69, 9.17) is 19.9 Å². The van der Waals surface area contributed by atoms with Gasteiger partial charge >= 0.3 is 0 Å². The molecule has 1 aromatic carbocycles. The molecule has 0 bridgehead atoms. The topological polar surface area (TPSA) is 66.6 Å². The normalized spacial score (nSPS) is 10.2. The Morgan fingerprint density at radius 3 is 2.55 bits per heavy atom. The van der Waals surface area contributed by atoms with Crippen molar-refractivity contribution in [3.05, 3.63) is 47.7 Å². The molecule has 2 rings (SSSR count). The first kappa shape index (κ1) is 14.1.